The molecule has 0 unspecified atom stereocenters. The number of benzene rings is 2. The number of aromatic nitrogens is 3. The molecule has 0 fully saturated rings. The Morgan fingerprint density at radius 1 is 0.900 bits per heavy atom. The molecule has 1 N–H and O–H groups in total. The molecule has 1 aliphatic rings. The molecular weight excluding hydrogens is 368 g/mol. The van der Waals surface area contributed by atoms with E-state index in [0.717, 1.165) is 48.5 Å². The van der Waals surface area contributed by atoms with Gasteiger partial charge in [0, 0.05) is 23.5 Å². The second kappa shape index (κ2) is 7.28. The molecule has 0 atom stereocenters. The predicted octanol–water partition coefficient (Wildman–Crippen LogP) is 5.81. The third-order valence-corrected chi connectivity index (χ3v) is 6.12. The van der Waals surface area contributed by atoms with Crippen molar-refractivity contribution in [2.75, 3.05) is 5.32 Å². The summed E-state index contributed by atoms with van der Waals surface area (Å²) in [5.41, 5.74) is 12.1. The fraction of sp³-hybridized carbons (Fsp3) is 0.308. The maximum absolute atomic E-state index is 4.89. The van der Waals surface area contributed by atoms with Crippen LogP contribution < -0.4 is 5.32 Å². The summed E-state index contributed by atoms with van der Waals surface area (Å²) in [7, 11) is 0. The first-order chi connectivity index (χ1) is 14.5. The monoisotopic (exact) mass is 396 g/mol. The average molecular weight is 397 g/mol. The van der Waals surface area contributed by atoms with Crippen molar-refractivity contribution in [2.24, 2.45) is 0 Å². The lowest BCUT2D eigenvalue weighted by Gasteiger charge is -2.13. The van der Waals surface area contributed by atoms with Gasteiger partial charge in [-0.25, -0.2) is 9.97 Å². The second-order valence-electron chi connectivity index (χ2n) is 8.50. The summed E-state index contributed by atoms with van der Waals surface area (Å²) >= 11 is 0. The Morgan fingerprint density at radius 2 is 1.63 bits per heavy atom. The fourth-order valence-electron chi connectivity index (χ4n) is 4.61. The predicted molar refractivity (Wildman–Crippen MR) is 124 cm³/mol. The van der Waals surface area contributed by atoms with Crippen molar-refractivity contribution >= 4 is 22.5 Å². The van der Waals surface area contributed by atoms with E-state index in [1.807, 2.05) is 0 Å². The van der Waals surface area contributed by atoms with E-state index in [1.165, 1.54) is 39.2 Å². The third kappa shape index (κ3) is 3.26. The van der Waals surface area contributed by atoms with Crippen LogP contribution in [-0.4, -0.2) is 14.5 Å². The highest BCUT2D eigenvalue weighted by Gasteiger charge is 2.16. The Balaban J connectivity index is 1.51. The molecular formula is C26H28N4. The van der Waals surface area contributed by atoms with Crippen molar-refractivity contribution in [3.63, 3.8) is 0 Å². The lowest BCUT2D eigenvalue weighted by molar-refractivity contribution is 0.744. The summed E-state index contributed by atoms with van der Waals surface area (Å²) in [5.74, 6) is 1.10. The van der Waals surface area contributed by atoms with Gasteiger partial charge < -0.3 is 9.88 Å². The van der Waals surface area contributed by atoms with E-state index in [0.29, 0.717) is 0 Å². The summed E-state index contributed by atoms with van der Waals surface area (Å²) < 4.78 is 2.29. The number of imidazole rings is 1. The van der Waals surface area contributed by atoms with Crippen LogP contribution in [0.25, 0.3) is 11.2 Å². The van der Waals surface area contributed by atoms with E-state index >= 15 is 0 Å². The van der Waals surface area contributed by atoms with Crippen LogP contribution in [0.15, 0.2) is 42.5 Å². The highest BCUT2D eigenvalue weighted by Crippen LogP contribution is 2.31. The first-order valence-electron chi connectivity index (χ1n) is 10.8. The Morgan fingerprint density at radius 3 is 2.40 bits per heavy atom. The van der Waals surface area contributed by atoms with Crippen molar-refractivity contribution in [2.45, 2.75) is 53.5 Å². The van der Waals surface area contributed by atoms with Crippen LogP contribution >= 0.6 is 0 Å². The van der Waals surface area contributed by atoms with Crippen molar-refractivity contribution in [3.8, 4) is 0 Å². The molecule has 0 spiro atoms. The van der Waals surface area contributed by atoms with E-state index < -0.39 is 0 Å². The lowest BCUT2D eigenvalue weighted by atomic mass is 10.0. The number of rotatable bonds is 3. The summed E-state index contributed by atoms with van der Waals surface area (Å²) in [4.78, 5) is 9.72. The fourth-order valence-corrected chi connectivity index (χ4v) is 4.61. The molecule has 0 saturated carbocycles. The van der Waals surface area contributed by atoms with Gasteiger partial charge in [-0.05, 0) is 74.1 Å². The molecule has 0 saturated heterocycles. The van der Waals surface area contributed by atoms with Crippen LogP contribution in [0.3, 0.4) is 0 Å². The summed E-state index contributed by atoms with van der Waals surface area (Å²) in [6.45, 7) is 9.31. The molecule has 4 heteroatoms. The standard InChI is InChI=1S/C26H28N4/c1-5-24-29-25-17(3)13-18(4)27-26(25)30(24)15-19-7-11-23-21(14-19)9-8-20-12-16(2)6-10-22(20)28-23/h6-7,10-14,28H,5,8-9,15H2,1-4H3. The number of pyridine rings is 1. The van der Waals surface area contributed by atoms with Gasteiger partial charge in [0.05, 0.1) is 6.54 Å². The van der Waals surface area contributed by atoms with Gasteiger partial charge in [0.2, 0.25) is 0 Å². The molecule has 152 valence electrons. The number of hydrogen-bond donors (Lipinski definition) is 1. The smallest absolute Gasteiger partial charge is 0.160 e. The van der Waals surface area contributed by atoms with E-state index in [2.05, 4.69) is 80.0 Å². The summed E-state index contributed by atoms with van der Waals surface area (Å²) in [6.07, 6.45) is 3.01. The molecule has 4 aromatic rings. The molecule has 3 heterocycles. The molecule has 0 radical (unpaired) electrons. The minimum Gasteiger partial charge on any atom is -0.355 e. The van der Waals surface area contributed by atoms with Gasteiger partial charge in [0.1, 0.15) is 11.3 Å². The Kier molecular flexibility index (Phi) is 4.58. The van der Waals surface area contributed by atoms with Gasteiger partial charge in [-0.2, -0.15) is 0 Å². The number of aryl methyl sites for hydroxylation is 6. The molecule has 30 heavy (non-hydrogen) atoms. The molecule has 2 aromatic heterocycles. The van der Waals surface area contributed by atoms with Gasteiger partial charge in [-0.3, -0.25) is 0 Å². The second-order valence-corrected chi connectivity index (χ2v) is 8.50. The zero-order valence-corrected chi connectivity index (χ0v) is 18.2. The zero-order valence-electron chi connectivity index (χ0n) is 18.2. The van der Waals surface area contributed by atoms with Gasteiger partial charge in [-0.15, -0.1) is 0 Å². The van der Waals surface area contributed by atoms with Gasteiger partial charge in [0.25, 0.3) is 0 Å². The van der Waals surface area contributed by atoms with Gasteiger partial charge in [-0.1, -0.05) is 36.8 Å². The van der Waals surface area contributed by atoms with Crippen molar-refractivity contribution in [3.05, 3.63) is 81.8 Å². The first-order valence-corrected chi connectivity index (χ1v) is 10.8. The maximum atomic E-state index is 4.89. The van der Waals surface area contributed by atoms with Crippen LogP contribution in [0.1, 0.15) is 46.3 Å². The van der Waals surface area contributed by atoms with Gasteiger partial charge in [0.15, 0.2) is 5.65 Å². The van der Waals surface area contributed by atoms with Crippen molar-refractivity contribution in [1.82, 2.24) is 14.5 Å². The Hall–Kier alpha value is -3.14. The minimum atomic E-state index is 0.800. The lowest BCUT2D eigenvalue weighted by Crippen LogP contribution is -2.06. The molecule has 1 aliphatic heterocycles. The zero-order chi connectivity index (χ0) is 20.8. The van der Waals surface area contributed by atoms with E-state index in [4.69, 9.17) is 9.97 Å². The van der Waals surface area contributed by atoms with Crippen LogP contribution in [0.4, 0.5) is 11.4 Å². The van der Waals surface area contributed by atoms with Crippen LogP contribution in [0.5, 0.6) is 0 Å². The number of anilines is 2. The number of hydrogen-bond acceptors (Lipinski definition) is 3. The highest BCUT2D eigenvalue weighted by molar-refractivity contribution is 5.76. The summed E-state index contributed by atoms with van der Waals surface area (Å²) in [6, 6.07) is 15.6. The molecule has 2 aromatic carbocycles. The minimum absolute atomic E-state index is 0.800. The highest BCUT2D eigenvalue weighted by atomic mass is 15.1. The third-order valence-electron chi connectivity index (χ3n) is 6.12. The van der Waals surface area contributed by atoms with E-state index in [1.54, 1.807) is 0 Å². The van der Waals surface area contributed by atoms with E-state index in [-0.39, 0.29) is 0 Å². The van der Waals surface area contributed by atoms with Crippen molar-refractivity contribution in [1.29, 1.82) is 0 Å². The summed E-state index contributed by atoms with van der Waals surface area (Å²) in [5, 5.41) is 3.65. The van der Waals surface area contributed by atoms with Crippen LogP contribution in [-0.2, 0) is 25.8 Å². The van der Waals surface area contributed by atoms with Crippen LogP contribution in [0, 0.1) is 20.8 Å². The number of nitrogens with zero attached hydrogens (tertiary/aromatic N) is 3. The molecule has 0 aliphatic carbocycles. The van der Waals surface area contributed by atoms with Crippen LogP contribution in [0.2, 0.25) is 0 Å². The molecule has 4 nitrogen and oxygen atoms in total. The maximum Gasteiger partial charge on any atom is 0.160 e. The normalized spacial score (nSPS) is 12.9. The van der Waals surface area contributed by atoms with Crippen molar-refractivity contribution < 1.29 is 0 Å². The molecule has 5 rings (SSSR count). The molecule has 0 bridgehead atoms. The molecule has 0 amide bonds. The SMILES string of the molecule is CCc1nc2c(C)cc(C)nc2n1Cc1ccc2c(c1)CCc1cc(C)ccc1N2. The Bertz CT molecular complexity index is 1270. The first kappa shape index (κ1) is 18.9. The quantitative estimate of drug-likeness (QED) is 0.475. The van der Waals surface area contributed by atoms with Gasteiger partial charge >= 0.3 is 0 Å². The number of fused-ring (bicyclic) bond motifs is 3. The van der Waals surface area contributed by atoms with E-state index in [9.17, 15) is 0 Å². The Labute approximate surface area is 178 Å². The largest absolute Gasteiger partial charge is 0.355 e. The topological polar surface area (TPSA) is 42.7 Å². The average Bonchev–Trinajstić information content (AvgIpc) is 2.96. The number of nitrogens with one attached hydrogen (secondary N) is 1.